The lowest BCUT2D eigenvalue weighted by molar-refractivity contribution is -0.386. The highest BCUT2D eigenvalue weighted by Crippen LogP contribution is 2.54. The molecule has 0 atom stereocenters. The Morgan fingerprint density at radius 2 is 1.07 bits per heavy atom. The highest BCUT2D eigenvalue weighted by molar-refractivity contribution is 8.00. The minimum atomic E-state index is -0.670. The average Bonchev–Trinajstić information content (AvgIpc) is 2.64. The highest BCUT2D eigenvalue weighted by atomic mass is 35.5. The van der Waals surface area contributed by atoms with Crippen molar-refractivity contribution in [1.82, 2.24) is 0 Å². The van der Waals surface area contributed by atoms with Gasteiger partial charge in [0.1, 0.15) is 10.0 Å². The second kappa shape index (κ2) is 11.1. The fourth-order valence-electron chi connectivity index (χ4n) is 2.69. The standard InChI is InChI=1S/C18H16Cl4N2O4S2/c1-3-5-29-17-11(21)7-9(19)15(23(25)26)13(17)14-16(24(27)28)10(20)8-12(22)18(14)30-6-4-2/h7-8H,3-6H2,1-2H3. The van der Waals surface area contributed by atoms with E-state index < -0.39 is 21.2 Å². The molecule has 0 aliphatic carbocycles. The molecule has 0 aromatic heterocycles. The summed E-state index contributed by atoms with van der Waals surface area (Å²) >= 11 is 27.7. The third-order valence-electron chi connectivity index (χ3n) is 3.84. The second-order valence-corrected chi connectivity index (χ2v) is 9.84. The zero-order valence-electron chi connectivity index (χ0n) is 15.8. The Morgan fingerprint density at radius 3 is 1.33 bits per heavy atom. The predicted octanol–water partition coefficient (Wildman–Crippen LogP) is 8.79. The van der Waals surface area contributed by atoms with E-state index in [1.54, 1.807) is 0 Å². The van der Waals surface area contributed by atoms with E-state index in [0.29, 0.717) is 21.3 Å². The van der Waals surface area contributed by atoms with Crippen LogP contribution in [0.5, 0.6) is 0 Å². The van der Waals surface area contributed by atoms with Crippen molar-refractivity contribution < 1.29 is 9.85 Å². The fourth-order valence-corrected chi connectivity index (χ4v) is 5.98. The zero-order chi connectivity index (χ0) is 22.6. The van der Waals surface area contributed by atoms with E-state index in [2.05, 4.69) is 0 Å². The van der Waals surface area contributed by atoms with Gasteiger partial charge in [-0.25, -0.2) is 0 Å². The SMILES string of the molecule is CCCSc1c(Cl)cc(Cl)c([N+](=O)[O-])c1-c1c(SCCC)c(Cl)cc(Cl)c1[N+](=O)[O-]. The van der Waals surface area contributed by atoms with Crippen molar-refractivity contribution in [3.8, 4) is 11.1 Å². The van der Waals surface area contributed by atoms with Crippen LogP contribution in [-0.2, 0) is 0 Å². The molecular weight excluding hydrogens is 514 g/mol. The third kappa shape index (κ3) is 5.29. The van der Waals surface area contributed by atoms with Crippen LogP contribution in [-0.4, -0.2) is 21.4 Å². The molecule has 12 heteroatoms. The quantitative estimate of drug-likeness (QED) is 0.183. The lowest BCUT2D eigenvalue weighted by atomic mass is 10.0. The van der Waals surface area contributed by atoms with Crippen LogP contribution in [0.2, 0.25) is 20.1 Å². The van der Waals surface area contributed by atoms with Crippen molar-refractivity contribution in [1.29, 1.82) is 0 Å². The number of hydrogen-bond donors (Lipinski definition) is 0. The largest absolute Gasteiger partial charge is 0.297 e. The van der Waals surface area contributed by atoms with Gasteiger partial charge < -0.3 is 0 Å². The van der Waals surface area contributed by atoms with Crippen LogP contribution >= 0.6 is 69.9 Å². The first-order chi connectivity index (χ1) is 14.1. The van der Waals surface area contributed by atoms with Gasteiger partial charge in [0.15, 0.2) is 0 Å². The van der Waals surface area contributed by atoms with Gasteiger partial charge in [0.2, 0.25) is 0 Å². The van der Waals surface area contributed by atoms with E-state index >= 15 is 0 Å². The molecule has 0 bridgehead atoms. The Hall–Kier alpha value is -0.900. The van der Waals surface area contributed by atoms with Crippen LogP contribution in [0.1, 0.15) is 26.7 Å². The molecule has 6 nitrogen and oxygen atoms in total. The number of thioether (sulfide) groups is 2. The summed E-state index contributed by atoms with van der Waals surface area (Å²) in [4.78, 5) is 23.2. The molecule has 162 valence electrons. The number of nitrogens with zero attached hydrogens (tertiary/aromatic N) is 2. The van der Waals surface area contributed by atoms with E-state index in [9.17, 15) is 20.2 Å². The number of hydrogen-bond acceptors (Lipinski definition) is 6. The summed E-state index contributed by atoms with van der Waals surface area (Å²) in [7, 11) is 0. The van der Waals surface area contributed by atoms with Gasteiger partial charge in [0, 0.05) is 9.79 Å². The Labute approximate surface area is 201 Å². The van der Waals surface area contributed by atoms with Crippen LogP contribution < -0.4 is 0 Å². The summed E-state index contributed by atoms with van der Waals surface area (Å²) < 4.78 is 0. The van der Waals surface area contributed by atoms with Crippen LogP contribution in [0, 0.1) is 20.2 Å². The molecule has 0 spiro atoms. The van der Waals surface area contributed by atoms with Crippen LogP contribution in [0.3, 0.4) is 0 Å². The summed E-state index contributed by atoms with van der Waals surface area (Å²) in [5.74, 6) is 1.18. The van der Waals surface area contributed by atoms with Gasteiger partial charge in [0.25, 0.3) is 11.4 Å². The van der Waals surface area contributed by atoms with Crippen LogP contribution in [0.4, 0.5) is 11.4 Å². The third-order valence-corrected chi connectivity index (χ3v) is 7.88. The maximum absolute atomic E-state index is 12.0. The first-order valence-corrected chi connectivity index (χ1v) is 12.2. The molecule has 0 N–H and O–H groups in total. The van der Waals surface area contributed by atoms with Crippen molar-refractivity contribution in [3.63, 3.8) is 0 Å². The van der Waals surface area contributed by atoms with Crippen molar-refractivity contribution in [3.05, 3.63) is 52.5 Å². The average molecular weight is 530 g/mol. The van der Waals surface area contributed by atoms with Gasteiger partial charge in [-0.15, -0.1) is 23.5 Å². The maximum atomic E-state index is 12.0. The molecule has 2 aromatic carbocycles. The normalized spacial score (nSPS) is 11.0. The minimum Gasteiger partial charge on any atom is -0.258 e. The zero-order valence-corrected chi connectivity index (χ0v) is 20.5. The minimum absolute atomic E-state index is 0.0364. The van der Waals surface area contributed by atoms with Gasteiger partial charge in [-0.1, -0.05) is 60.3 Å². The molecule has 0 fully saturated rings. The van der Waals surface area contributed by atoms with Gasteiger partial charge in [-0.3, -0.25) is 20.2 Å². The lowest BCUT2D eigenvalue weighted by Crippen LogP contribution is -2.02. The number of nitro groups is 2. The molecule has 0 saturated heterocycles. The maximum Gasteiger partial charge on any atom is 0.297 e. The number of nitro benzene ring substituents is 2. The highest BCUT2D eigenvalue weighted by Gasteiger charge is 2.35. The van der Waals surface area contributed by atoms with E-state index in [-0.39, 0.29) is 31.2 Å². The van der Waals surface area contributed by atoms with E-state index in [1.807, 2.05) is 13.8 Å². The molecule has 0 amide bonds. The number of rotatable bonds is 9. The first kappa shape index (κ1) is 25.4. The lowest BCUT2D eigenvalue weighted by Gasteiger charge is -2.17. The number of halogens is 4. The smallest absolute Gasteiger partial charge is 0.258 e. The summed E-state index contributed by atoms with van der Waals surface area (Å²) in [6.45, 7) is 3.87. The second-order valence-electron chi connectivity index (χ2n) is 6.00. The topological polar surface area (TPSA) is 86.3 Å². The van der Waals surface area contributed by atoms with E-state index in [4.69, 9.17) is 46.4 Å². The monoisotopic (exact) mass is 528 g/mol. The van der Waals surface area contributed by atoms with Gasteiger partial charge in [-0.2, -0.15) is 0 Å². The van der Waals surface area contributed by atoms with Gasteiger partial charge in [-0.05, 0) is 36.5 Å². The summed E-state index contributed by atoms with van der Waals surface area (Å²) in [5.41, 5.74) is -1.02. The molecule has 2 aromatic rings. The number of benzene rings is 2. The van der Waals surface area contributed by atoms with Gasteiger partial charge >= 0.3 is 0 Å². The van der Waals surface area contributed by atoms with E-state index in [1.165, 1.54) is 35.7 Å². The Kier molecular flexibility index (Phi) is 9.39. The molecule has 0 saturated carbocycles. The van der Waals surface area contributed by atoms with Crippen molar-refractivity contribution in [2.24, 2.45) is 0 Å². The van der Waals surface area contributed by atoms with Crippen molar-refractivity contribution >= 4 is 81.3 Å². The Balaban J connectivity index is 3.11. The summed E-state index contributed by atoms with van der Waals surface area (Å²) in [6.07, 6.45) is 1.51. The molecular formula is C18H16Cl4N2O4S2. The van der Waals surface area contributed by atoms with Crippen molar-refractivity contribution in [2.75, 3.05) is 11.5 Å². The molecule has 2 rings (SSSR count). The molecule has 0 unspecified atom stereocenters. The van der Waals surface area contributed by atoms with E-state index in [0.717, 1.165) is 12.8 Å². The molecule has 0 aliphatic heterocycles. The van der Waals surface area contributed by atoms with Crippen LogP contribution in [0.15, 0.2) is 21.9 Å². The molecule has 0 heterocycles. The molecule has 30 heavy (non-hydrogen) atoms. The Bertz CT molecular complexity index is 926. The van der Waals surface area contributed by atoms with Gasteiger partial charge in [0.05, 0.1) is 31.0 Å². The molecule has 0 radical (unpaired) electrons. The molecule has 0 aliphatic rings. The summed E-state index contributed by atoms with van der Waals surface area (Å²) in [6, 6.07) is 2.55. The van der Waals surface area contributed by atoms with Crippen molar-refractivity contribution in [2.45, 2.75) is 36.5 Å². The summed E-state index contributed by atoms with van der Waals surface area (Å²) in [5, 5.41) is 23.8. The van der Waals surface area contributed by atoms with Crippen LogP contribution in [0.25, 0.3) is 11.1 Å². The first-order valence-electron chi connectivity index (χ1n) is 8.74. The Morgan fingerprint density at radius 1 is 0.733 bits per heavy atom. The predicted molar refractivity (Wildman–Crippen MR) is 127 cm³/mol. The fraction of sp³-hybridized carbons (Fsp3) is 0.333.